The number of benzene rings is 2. The minimum Gasteiger partial charge on any atom is -0.386 e. The Morgan fingerprint density at radius 3 is 2.51 bits per heavy atom. The first-order chi connectivity index (χ1) is 24.3. The fourth-order valence-electron chi connectivity index (χ4n) is 8.54. The number of ether oxygens (including phenoxy) is 1. The second-order valence-corrected chi connectivity index (χ2v) is 21.4. The highest BCUT2D eigenvalue weighted by atomic mass is 32.2. The third-order valence-corrected chi connectivity index (χ3v) is 17.6. The number of H-pyrrole nitrogens is 1. The molecule has 0 saturated carbocycles. The summed E-state index contributed by atoms with van der Waals surface area (Å²) >= 11 is 1.47. The topological polar surface area (TPSA) is 105 Å². The molecule has 0 unspecified atom stereocenters. The van der Waals surface area contributed by atoms with E-state index in [0.717, 1.165) is 55.0 Å². The van der Waals surface area contributed by atoms with Gasteiger partial charge in [-0.1, -0.05) is 65.3 Å². The van der Waals surface area contributed by atoms with Gasteiger partial charge in [0.1, 0.15) is 31.0 Å². The van der Waals surface area contributed by atoms with Crippen LogP contribution >= 0.6 is 11.8 Å². The lowest BCUT2D eigenvalue weighted by Crippen LogP contribution is -2.43. The summed E-state index contributed by atoms with van der Waals surface area (Å²) in [6.07, 6.45) is 5.55. The first-order valence-electron chi connectivity index (χ1n) is 17.6. The summed E-state index contributed by atoms with van der Waals surface area (Å²) in [5.74, 6) is 3.87. The summed E-state index contributed by atoms with van der Waals surface area (Å²) in [6.45, 7) is 17.0. The zero-order valence-corrected chi connectivity index (χ0v) is 32.7. The van der Waals surface area contributed by atoms with Crippen LogP contribution in [0, 0.1) is 17.3 Å². The van der Waals surface area contributed by atoms with E-state index >= 15 is 4.39 Å². The summed E-state index contributed by atoms with van der Waals surface area (Å²) < 4.78 is 24.2. The number of hydrogen-bond donors (Lipinski definition) is 2. The fraction of sp³-hybridized carbons (Fsp3) is 0.436. The van der Waals surface area contributed by atoms with Crippen molar-refractivity contribution >= 4 is 69.3 Å². The maximum Gasteiger partial charge on any atom is 0.191 e. The van der Waals surface area contributed by atoms with E-state index in [1.807, 2.05) is 31.5 Å². The van der Waals surface area contributed by atoms with Crippen molar-refractivity contribution in [3.8, 4) is 22.7 Å². The molecule has 1 atom stereocenters. The Kier molecular flexibility index (Phi) is 9.15. The average Bonchev–Trinajstić information content (AvgIpc) is 3.61. The molecule has 1 aliphatic heterocycles. The van der Waals surface area contributed by atoms with E-state index < -0.39 is 13.7 Å². The van der Waals surface area contributed by atoms with Gasteiger partial charge in [0.05, 0.1) is 53.6 Å². The SMILES string of the molecule is CSc1nc(N2CCOC[C@@](C)(O)C2)c2c3ccnc(-c4c5cn[nH]c5cc5ccc(F)c(C#C[Si](C(C)C)(C(C)C)C(C)C)c45)c3n(C)c2n1. The Bertz CT molecular complexity index is 2350. The van der Waals surface area contributed by atoms with Gasteiger partial charge in [0, 0.05) is 41.5 Å². The molecule has 0 bridgehead atoms. The second kappa shape index (κ2) is 13.2. The molecule has 0 spiro atoms. The van der Waals surface area contributed by atoms with E-state index in [-0.39, 0.29) is 12.4 Å². The van der Waals surface area contributed by atoms with Crippen LogP contribution in [-0.4, -0.2) is 81.1 Å². The lowest BCUT2D eigenvalue weighted by molar-refractivity contribution is -0.0123. The maximum absolute atomic E-state index is 16.3. The highest BCUT2D eigenvalue weighted by molar-refractivity contribution is 7.98. The molecular weight excluding hydrogens is 678 g/mol. The predicted octanol–water partition coefficient (Wildman–Crippen LogP) is 8.23. The highest BCUT2D eigenvalue weighted by Crippen LogP contribution is 2.45. The third kappa shape index (κ3) is 5.79. The van der Waals surface area contributed by atoms with Gasteiger partial charge in [-0.15, -0.1) is 5.54 Å². The van der Waals surface area contributed by atoms with Crippen molar-refractivity contribution in [2.45, 2.75) is 75.8 Å². The zero-order chi connectivity index (χ0) is 36.4. The van der Waals surface area contributed by atoms with Gasteiger partial charge in [-0.2, -0.15) is 5.10 Å². The molecule has 5 heterocycles. The van der Waals surface area contributed by atoms with Crippen LogP contribution in [0.25, 0.3) is 54.9 Å². The van der Waals surface area contributed by atoms with Gasteiger partial charge in [-0.05, 0) is 53.4 Å². The van der Waals surface area contributed by atoms with E-state index in [1.165, 1.54) is 17.8 Å². The smallest absolute Gasteiger partial charge is 0.191 e. The highest BCUT2D eigenvalue weighted by Gasteiger charge is 2.42. The number of aliphatic hydroxyl groups is 1. The number of fused-ring (bicyclic) bond motifs is 5. The largest absolute Gasteiger partial charge is 0.386 e. The monoisotopic (exact) mass is 723 g/mol. The number of thioether (sulfide) groups is 1. The van der Waals surface area contributed by atoms with Gasteiger partial charge in [0.25, 0.3) is 0 Å². The third-order valence-electron chi connectivity index (χ3n) is 10.8. The van der Waals surface area contributed by atoms with E-state index in [2.05, 4.69) is 72.7 Å². The van der Waals surface area contributed by atoms with Crippen molar-refractivity contribution in [1.82, 2.24) is 29.7 Å². The van der Waals surface area contributed by atoms with Gasteiger partial charge in [-0.3, -0.25) is 10.1 Å². The van der Waals surface area contributed by atoms with Crippen LogP contribution in [0.15, 0.2) is 41.8 Å². The van der Waals surface area contributed by atoms with Crippen LogP contribution < -0.4 is 4.90 Å². The lowest BCUT2D eigenvalue weighted by Gasteiger charge is -2.38. The van der Waals surface area contributed by atoms with Gasteiger partial charge in [0.2, 0.25) is 0 Å². The molecule has 2 aromatic carbocycles. The molecule has 12 heteroatoms. The normalized spacial score (nSPS) is 17.4. The standard InChI is InChI=1S/C39H46FN7O2SSi/c1-22(2)51(23(3)4,24(5)6)17-13-26-29(40)11-10-25-18-30-28(19-42-45-30)32(31(25)26)34-35-27(12-14-41-34)33-36(46(35)8)43-38(50-9)44-37(33)47-15-16-49-21-39(7,48)20-47/h10-12,14,18-19,22-24,48H,15-16,20-21H2,1-9H3,(H,42,45)/t39-/m0/s1. The summed E-state index contributed by atoms with van der Waals surface area (Å²) in [7, 11) is -0.202. The number of aryl methyl sites for hydroxylation is 1. The molecule has 4 aromatic heterocycles. The molecule has 2 N–H and O–H groups in total. The van der Waals surface area contributed by atoms with Crippen LogP contribution in [-0.2, 0) is 11.8 Å². The zero-order valence-electron chi connectivity index (χ0n) is 30.8. The number of aromatic nitrogens is 6. The van der Waals surface area contributed by atoms with E-state index in [4.69, 9.17) is 19.7 Å². The summed E-state index contributed by atoms with van der Waals surface area (Å²) in [5, 5.41) is 23.5. The number of nitrogens with one attached hydrogen (secondary N) is 1. The summed E-state index contributed by atoms with van der Waals surface area (Å²) in [6, 6.07) is 7.36. The Hall–Kier alpha value is -4.02. The Labute approximate surface area is 303 Å². The maximum atomic E-state index is 16.3. The van der Waals surface area contributed by atoms with Crippen molar-refractivity contribution < 1.29 is 14.2 Å². The molecule has 9 nitrogen and oxygen atoms in total. The number of aromatic amines is 1. The van der Waals surface area contributed by atoms with Crippen molar-refractivity contribution in [3.05, 3.63) is 48.0 Å². The van der Waals surface area contributed by atoms with Gasteiger partial charge in [0.15, 0.2) is 5.16 Å². The Morgan fingerprint density at radius 1 is 1.06 bits per heavy atom. The quantitative estimate of drug-likeness (QED) is 0.0767. The molecule has 0 radical (unpaired) electrons. The molecule has 266 valence electrons. The number of rotatable bonds is 6. The van der Waals surface area contributed by atoms with Crippen molar-refractivity contribution in [2.75, 3.05) is 37.5 Å². The van der Waals surface area contributed by atoms with Crippen LogP contribution in [0.1, 0.15) is 54.0 Å². The van der Waals surface area contributed by atoms with Crippen LogP contribution in [0.4, 0.5) is 10.2 Å². The molecule has 1 fully saturated rings. The van der Waals surface area contributed by atoms with Crippen molar-refractivity contribution in [1.29, 1.82) is 0 Å². The number of halogens is 1. The summed E-state index contributed by atoms with van der Waals surface area (Å²) in [5.41, 5.74) is 8.18. The number of β-amino-alcohol motifs (C(OH)–C–C–N with tert-alkyl or cyclic N) is 1. The van der Waals surface area contributed by atoms with E-state index in [0.29, 0.717) is 52.7 Å². The van der Waals surface area contributed by atoms with Crippen molar-refractivity contribution in [3.63, 3.8) is 0 Å². The average molecular weight is 724 g/mol. The molecular formula is C39H46FN7O2SSi. The molecule has 6 aromatic rings. The second-order valence-electron chi connectivity index (χ2n) is 15.1. The predicted molar refractivity (Wildman–Crippen MR) is 210 cm³/mol. The van der Waals surface area contributed by atoms with Gasteiger partial charge in [-0.25, -0.2) is 14.4 Å². The first-order valence-corrected chi connectivity index (χ1v) is 21.1. The minimum absolute atomic E-state index is 0.245. The number of pyridine rings is 1. The first kappa shape index (κ1) is 35.4. The fourth-order valence-corrected chi connectivity index (χ4v) is 14.1. The Morgan fingerprint density at radius 2 is 1.80 bits per heavy atom. The van der Waals surface area contributed by atoms with E-state index in [1.54, 1.807) is 19.3 Å². The van der Waals surface area contributed by atoms with Crippen LogP contribution in [0.2, 0.25) is 16.6 Å². The van der Waals surface area contributed by atoms with Crippen molar-refractivity contribution in [2.24, 2.45) is 7.05 Å². The van der Waals surface area contributed by atoms with E-state index in [9.17, 15) is 5.11 Å². The molecule has 1 saturated heterocycles. The molecule has 1 aliphatic rings. The molecule has 51 heavy (non-hydrogen) atoms. The molecule has 0 amide bonds. The lowest BCUT2D eigenvalue weighted by atomic mass is 9.93. The van der Waals surface area contributed by atoms with Gasteiger partial charge >= 0.3 is 0 Å². The Balaban J connectivity index is 1.58. The number of hydrogen-bond acceptors (Lipinski definition) is 8. The van der Waals surface area contributed by atoms with Crippen LogP contribution in [0.5, 0.6) is 0 Å². The number of anilines is 1. The summed E-state index contributed by atoms with van der Waals surface area (Å²) in [4.78, 5) is 17.2. The molecule has 0 aliphatic carbocycles. The minimum atomic E-state index is -2.19. The number of nitrogens with zero attached hydrogens (tertiary/aromatic N) is 6. The molecule has 7 rings (SSSR count). The van der Waals surface area contributed by atoms with Gasteiger partial charge < -0.3 is 19.3 Å². The van der Waals surface area contributed by atoms with Crippen LogP contribution in [0.3, 0.4) is 0 Å².